The molecule has 0 aliphatic heterocycles. The molecule has 0 aromatic heterocycles. The zero-order valence-electron chi connectivity index (χ0n) is 10.0. The second-order valence-electron chi connectivity index (χ2n) is 5.36. The Morgan fingerprint density at radius 2 is 1.11 bits per heavy atom. The van der Waals surface area contributed by atoms with Crippen LogP contribution in [0.3, 0.4) is 0 Å². The van der Waals surface area contributed by atoms with Crippen LogP contribution < -0.4 is 0 Å². The number of hydrogen-bond acceptors (Lipinski definition) is 2. The molecule has 0 spiro atoms. The minimum atomic E-state index is 0.0799. The van der Waals surface area contributed by atoms with Gasteiger partial charge in [-0.05, 0) is 24.7 Å². The number of phenols is 2. The van der Waals surface area contributed by atoms with Gasteiger partial charge in [-0.15, -0.1) is 0 Å². The van der Waals surface area contributed by atoms with Crippen molar-refractivity contribution in [3.8, 4) is 11.5 Å². The van der Waals surface area contributed by atoms with Crippen LogP contribution in [0.4, 0.5) is 0 Å². The Labute approximate surface area is 117 Å². The van der Waals surface area contributed by atoms with Gasteiger partial charge < -0.3 is 10.2 Å². The van der Waals surface area contributed by atoms with E-state index in [0.29, 0.717) is 11.8 Å². The normalized spacial score (nSPS) is 26.6. The monoisotopic (exact) mass is 286 g/mol. The van der Waals surface area contributed by atoms with Crippen molar-refractivity contribution in [2.45, 2.75) is 50.4 Å². The second-order valence-corrected chi connectivity index (χ2v) is 6.11. The van der Waals surface area contributed by atoms with Crippen molar-refractivity contribution in [1.82, 2.24) is 0 Å². The maximum absolute atomic E-state index is 10.1. The fourth-order valence-corrected chi connectivity index (χ4v) is 3.91. The van der Waals surface area contributed by atoms with Gasteiger partial charge in [0.2, 0.25) is 0 Å². The maximum atomic E-state index is 10.1. The summed E-state index contributed by atoms with van der Waals surface area (Å²) in [6, 6.07) is 0. The fraction of sp³-hybridized carbons (Fsp3) is 0.571. The minimum absolute atomic E-state index is 0.0799. The zero-order valence-corrected chi connectivity index (χ0v) is 11.6. The van der Waals surface area contributed by atoms with E-state index in [2.05, 4.69) is 0 Å². The van der Waals surface area contributed by atoms with Gasteiger partial charge in [0.25, 0.3) is 0 Å². The van der Waals surface area contributed by atoms with E-state index in [1.807, 2.05) is 0 Å². The highest BCUT2D eigenvalue weighted by Gasteiger charge is 2.43. The largest absolute Gasteiger partial charge is 0.506 e. The summed E-state index contributed by atoms with van der Waals surface area (Å²) in [5.41, 5.74) is 1.68. The standard InChI is InChI=1S/C14H16Cl2O2/c15-11-12(16)14(18)10-8-6-4-2-1-3-5-7(8)9(10)13(11)17/h7-8,17-18H,1-6H2/t7-,8+. The molecule has 0 amide bonds. The van der Waals surface area contributed by atoms with Gasteiger partial charge in [0, 0.05) is 11.1 Å². The van der Waals surface area contributed by atoms with Gasteiger partial charge in [0.1, 0.15) is 21.5 Å². The Morgan fingerprint density at radius 3 is 1.50 bits per heavy atom. The van der Waals surface area contributed by atoms with Crippen LogP contribution >= 0.6 is 23.2 Å². The molecule has 2 N–H and O–H groups in total. The third-order valence-electron chi connectivity index (χ3n) is 4.42. The Balaban J connectivity index is 2.10. The number of halogens is 2. The average molecular weight is 287 g/mol. The van der Waals surface area contributed by atoms with Gasteiger partial charge in [0.05, 0.1) is 0 Å². The molecule has 3 rings (SSSR count). The van der Waals surface area contributed by atoms with Crippen LogP contribution in [0.2, 0.25) is 10.0 Å². The SMILES string of the molecule is Oc1c(Cl)c(Cl)c(O)c2c1[C@H]1CCCCCC[C@@H]21. The Morgan fingerprint density at radius 1 is 0.722 bits per heavy atom. The molecule has 2 atom stereocenters. The summed E-state index contributed by atoms with van der Waals surface area (Å²) < 4.78 is 0. The van der Waals surface area contributed by atoms with E-state index in [0.717, 1.165) is 24.0 Å². The third-order valence-corrected chi connectivity index (χ3v) is 5.25. The quantitative estimate of drug-likeness (QED) is 0.663. The minimum Gasteiger partial charge on any atom is -0.506 e. The molecule has 2 nitrogen and oxygen atoms in total. The molecule has 4 heteroatoms. The Bertz CT molecular complexity index is 454. The molecule has 0 saturated heterocycles. The van der Waals surface area contributed by atoms with Crippen molar-refractivity contribution in [2.75, 3.05) is 0 Å². The molecule has 1 aromatic rings. The van der Waals surface area contributed by atoms with Crippen molar-refractivity contribution in [2.24, 2.45) is 0 Å². The summed E-state index contributed by atoms with van der Waals surface area (Å²) in [6.45, 7) is 0. The maximum Gasteiger partial charge on any atom is 0.139 e. The molecule has 0 heterocycles. The highest BCUT2D eigenvalue weighted by molar-refractivity contribution is 6.44. The van der Waals surface area contributed by atoms with Crippen molar-refractivity contribution in [3.05, 3.63) is 21.2 Å². The van der Waals surface area contributed by atoms with E-state index in [1.54, 1.807) is 0 Å². The van der Waals surface area contributed by atoms with E-state index in [9.17, 15) is 10.2 Å². The lowest BCUT2D eigenvalue weighted by Crippen LogP contribution is -2.26. The molecule has 1 saturated carbocycles. The fourth-order valence-electron chi connectivity index (χ4n) is 3.53. The van der Waals surface area contributed by atoms with Gasteiger partial charge in [-0.3, -0.25) is 0 Å². The Hall–Kier alpha value is -0.600. The van der Waals surface area contributed by atoms with E-state index >= 15 is 0 Å². The topological polar surface area (TPSA) is 40.5 Å². The van der Waals surface area contributed by atoms with E-state index in [-0.39, 0.29) is 21.5 Å². The number of rotatable bonds is 0. The van der Waals surface area contributed by atoms with Crippen molar-refractivity contribution >= 4 is 23.2 Å². The summed E-state index contributed by atoms with van der Waals surface area (Å²) in [6.07, 6.45) is 7.02. The first-order chi connectivity index (χ1) is 8.63. The number of aromatic hydroxyl groups is 2. The first-order valence-electron chi connectivity index (χ1n) is 6.55. The third kappa shape index (κ3) is 1.62. The van der Waals surface area contributed by atoms with Crippen LogP contribution in [0.15, 0.2) is 0 Å². The first kappa shape index (κ1) is 12.4. The lowest BCUT2D eigenvalue weighted by molar-refractivity contribution is 0.329. The van der Waals surface area contributed by atoms with Gasteiger partial charge >= 0.3 is 0 Å². The van der Waals surface area contributed by atoms with Crippen LogP contribution in [-0.2, 0) is 0 Å². The molecule has 98 valence electrons. The summed E-state index contributed by atoms with van der Waals surface area (Å²) in [7, 11) is 0. The van der Waals surface area contributed by atoms with Crippen LogP contribution in [0.25, 0.3) is 0 Å². The highest BCUT2D eigenvalue weighted by Crippen LogP contribution is 2.62. The van der Waals surface area contributed by atoms with E-state index in [4.69, 9.17) is 23.2 Å². The van der Waals surface area contributed by atoms with Crippen LogP contribution in [0.1, 0.15) is 61.5 Å². The molecule has 1 aromatic carbocycles. The summed E-state index contributed by atoms with van der Waals surface area (Å²) in [5.74, 6) is 0.856. The second kappa shape index (κ2) is 4.50. The number of phenolic OH excluding ortho intramolecular Hbond substituents is 2. The molecular formula is C14H16Cl2O2. The van der Waals surface area contributed by atoms with Crippen molar-refractivity contribution in [1.29, 1.82) is 0 Å². The number of hydrogen-bond donors (Lipinski definition) is 2. The van der Waals surface area contributed by atoms with E-state index in [1.165, 1.54) is 25.7 Å². The molecule has 2 aliphatic rings. The molecule has 0 bridgehead atoms. The van der Waals surface area contributed by atoms with E-state index < -0.39 is 0 Å². The first-order valence-corrected chi connectivity index (χ1v) is 7.31. The van der Waals surface area contributed by atoms with Crippen molar-refractivity contribution in [3.63, 3.8) is 0 Å². The molecule has 0 unspecified atom stereocenters. The zero-order chi connectivity index (χ0) is 12.9. The van der Waals surface area contributed by atoms with Crippen LogP contribution in [0.5, 0.6) is 11.5 Å². The predicted octanol–water partition coefficient (Wildman–Crippen LogP) is 4.94. The van der Waals surface area contributed by atoms with Gasteiger partial charge in [-0.1, -0.05) is 48.9 Å². The lowest BCUT2D eigenvalue weighted by atomic mass is 9.62. The van der Waals surface area contributed by atoms with Crippen LogP contribution in [0, 0.1) is 0 Å². The smallest absolute Gasteiger partial charge is 0.139 e. The predicted molar refractivity (Wildman–Crippen MR) is 73.0 cm³/mol. The number of benzene rings is 1. The van der Waals surface area contributed by atoms with Crippen molar-refractivity contribution < 1.29 is 10.2 Å². The molecule has 0 radical (unpaired) electrons. The van der Waals surface area contributed by atoms with Gasteiger partial charge in [-0.25, -0.2) is 0 Å². The van der Waals surface area contributed by atoms with Gasteiger partial charge in [0.15, 0.2) is 0 Å². The summed E-state index contributed by atoms with van der Waals surface area (Å²) >= 11 is 11.9. The molecule has 2 aliphatic carbocycles. The van der Waals surface area contributed by atoms with Crippen LogP contribution in [-0.4, -0.2) is 10.2 Å². The summed E-state index contributed by atoms with van der Waals surface area (Å²) in [5, 5.41) is 20.4. The van der Waals surface area contributed by atoms with Gasteiger partial charge in [-0.2, -0.15) is 0 Å². The Kier molecular flexibility index (Phi) is 3.11. The summed E-state index contributed by atoms with van der Waals surface area (Å²) in [4.78, 5) is 0. The average Bonchev–Trinajstić information content (AvgIpc) is 2.32. The molecule has 18 heavy (non-hydrogen) atoms. The molecular weight excluding hydrogens is 271 g/mol. The highest BCUT2D eigenvalue weighted by atomic mass is 35.5. The lowest BCUT2D eigenvalue weighted by Gasteiger charge is -2.42. The molecule has 1 fully saturated rings. The number of fused-ring (bicyclic) bond motifs is 4.